The monoisotopic (exact) mass is 592 g/mol. The molecule has 2 unspecified atom stereocenters. The number of benzene rings is 4. The molecular formula is C42H28N2S. The minimum absolute atomic E-state index is 0.248. The molecule has 2 nitrogen and oxygen atoms in total. The highest BCUT2D eigenvalue weighted by Gasteiger charge is 2.62. The average molecular weight is 593 g/mol. The number of allylic oxidation sites excluding steroid dienone is 4. The van der Waals surface area contributed by atoms with Crippen molar-refractivity contribution in [2.75, 3.05) is 0 Å². The summed E-state index contributed by atoms with van der Waals surface area (Å²) in [4.78, 5) is 13.3. The van der Waals surface area contributed by atoms with Crippen LogP contribution in [0.5, 0.6) is 0 Å². The molecule has 9 rings (SSSR count). The zero-order valence-electron chi connectivity index (χ0n) is 24.8. The molecule has 0 amide bonds. The number of hydrogen-bond acceptors (Lipinski definition) is 3. The first kappa shape index (κ1) is 26.3. The van der Waals surface area contributed by atoms with E-state index < -0.39 is 5.41 Å². The zero-order chi connectivity index (χ0) is 30.0. The lowest BCUT2D eigenvalue weighted by Crippen LogP contribution is -2.48. The van der Waals surface area contributed by atoms with E-state index in [9.17, 15) is 0 Å². The van der Waals surface area contributed by atoms with Crippen LogP contribution < -0.4 is 0 Å². The van der Waals surface area contributed by atoms with E-state index in [0.29, 0.717) is 0 Å². The largest absolute Gasteiger partial charge is 0.228 e. The normalized spacial score (nSPS) is 20.4. The highest BCUT2D eigenvalue weighted by atomic mass is 32.2. The van der Waals surface area contributed by atoms with Gasteiger partial charge in [-0.1, -0.05) is 152 Å². The Balaban J connectivity index is 1.41. The van der Waals surface area contributed by atoms with Crippen LogP contribution in [-0.4, -0.2) is 9.97 Å². The van der Waals surface area contributed by atoms with Crippen LogP contribution in [0.1, 0.15) is 30.0 Å². The van der Waals surface area contributed by atoms with Crippen molar-refractivity contribution >= 4 is 11.8 Å². The van der Waals surface area contributed by atoms with E-state index in [1.165, 1.54) is 37.6 Å². The molecule has 0 bridgehead atoms. The maximum absolute atomic E-state index is 5.34. The van der Waals surface area contributed by atoms with Crippen LogP contribution in [-0.2, 0) is 5.41 Å². The molecule has 212 valence electrons. The smallest absolute Gasteiger partial charge is 0.160 e. The predicted octanol–water partition coefficient (Wildman–Crippen LogP) is 10.3. The van der Waals surface area contributed by atoms with Crippen LogP contribution in [0.2, 0.25) is 0 Å². The molecule has 0 saturated heterocycles. The number of thioether (sulfide) groups is 1. The topological polar surface area (TPSA) is 25.8 Å². The summed E-state index contributed by atoms with van der Waals surface area (Å²) in [5.74, 6) is 0.736. The van der Waals surface area contributed by atoms with Gasteiger partial charge in [0.15, 0.2) is 5.82 Å². The van der Waals surface area contributed by atoms with Gasteiger partial charge in [-0.3, -0.25) is 0 Å². The minimum Gasteiger partial charge on any atom is -0.228 e. The Hall–Kier alpha value is -5.17. The maximum atomic E-state index is 5.34. The van der Waals surface area contributed by atoms with Gasteiger partial charge in [0.1, 0.15) is 0 Å². The van der Waals surface area contributed by atoms with Crippen molar-refractivity contribution in [1.29, 1.82) is 0 Å². The molecule has 0 saturated carbocycles. The van der Waals surface area contributed by atoms with Crippen LogP contribution in [0.15, 0.2) is 149 Å². The van der Waals surface area contributed by atoms with E-state index in [2.05, 4.69) is 140 Å². The molecule has 0 radical (unpaired) electrons. The quantitative estimate of drug-likeness (QED) is 0.204. The Kier molecular flexibility index (Phi) is 5.79. The number of fused-ring (bicyclic) bond motifs is 9. The lowest BCUT2D eigenvalue weighted by molar-refractivity contribution is 0.279. The van der Waals surface area contributed by atoms with Gasteiger partial charge in [-0.25, -0.2) is 9.97 Å². The van der Waals surface area contributed by atoms with E-state index in [0.717, 1.165) is 40.3 Å². The molecule has 45 heavy (non-hydrogen) atoms. The lowest BCUT2D eigenvalue weighted by Gasteiger charge is -2.53. The predicted molar refractivity (Wildman–Crippen MR) is 184 cm³/mol. The number of hydrogen-bond donors (Lipinski definition) is 0. The second-order valence-corrected chi connectivity index (χ2v) is 13.2. The molecule has 2 atom stereocenters. The SMILES string of the molecule is CC12CC=CC=C1Sc1ccc#cc1C21c2ccccc2-c2cccc(-c3nc(-c4ccccc4)cc(-c4ccccc4)n3)c21. The van der Waals surface area contributed by atoms with Gasteiger partial charge in [0.05, 0.1) is 16.8 Å². The summed E-state index contributed by atoms with van der Waals surface area (Å²) in [6, 6.07) is 49.9. The summed E-state index contributed by atoms with van der Waals surface area (Å²) in [7, 11) is 0. The first-order valence-electron chi connectivity index (χ1n) is 15.4. The number of rotatable bonds is 3. The molecule has 0 fully saturated rings. The van der Waals surface area contributed by atoms with Gasteiger partial charge in [0, 0.05) is 32.6 Å². The molecule has 5 aromatic carbocycles. The molecule has 3 aliphatic rings. The first-order valence-corrected chi connectivity index (χ1v) is 16.2. The van der Waals surface area contributed by atoms with Crippen LogP contribution in [0, 0.1) is 17.5 Å². The van der Waals surface area contributed by atoms with Gasteiger partial charge in [0.2, 0.25) is 0 Å². The maximum Gasteiger partial charge on any atom is 0.160 e. The van der Waals surface area contributed by atoms with Crippen molar-refractivity contribution in [1.82, 2.24) is 9.97 Å². The van der Waals surface area contributed by atoms with Gasteiger partial charge >= 0.3 is 0 Å². The van der Waals surface area contributed by atoms with Crippen molar-refractivity contribution in [3.05, 3.63) is 173 Å². The van der Waals surface area contributed by atoms with Gasteiger partial charge in [0.25, 0.3) is 0 Å². The fourth-order valence-corrected chi connectivity index (χ4v) is 9.11. The zero-order valence-corrected chi connectivity index (χ0v) is 25.6. The fourth-order valence-electron chi connectivity index (χ4n) is 7.82. The highest BCUT2D eigenvalue weighted by molar-refractivity contribution is 8.03. The third-order valence-corrected chi connectivity index (χ3v) is 11.2. The second kappa shape index (κ2) is 9.92. The fraction of sp³-hybridized carbons (Fsp3) is 0.0952. The summed E-state index contributed by atoms with van der Waals surface area (Å²) in [6.07, 6.45) is 7.77. The van der Waals surface area contributed by atoms with Crippen molar-refractivity contribution in [3.8, 4) is 45.0 Å². The van der Waals surface area contributed by atoms with Gasteiger partial charge in [-0.2, -0.15) is 0 Å². The summed E-state index contributed by atoms with van der Waals surface area (Å²) < 4.78 is 0. The highest BCUT2D eigenvalue weighted by Crippen LogP contribution is 2.71. The Morgan fingerprint density at radius 2 is 1.38 bits per heavy atom. The summed E-state index contributed by atoms with van der Waals surface area (Å²) >= 11 is 1.88. The molecule has 1 aromatic heterocycles. The number of nitrogens with zero attached hydrogens (tertiary/aromatic N) is 2. The summed E-state index contributed by atoms with van der Waals surface area (Å²) in [5, 5.41) is 0. The van der Waals surface area contributed by atoms with Gasteiger partial charge in [-0.15, -0.1) is 0 Å². The standard InChI is InChI=1S/C42H28N2S/c1-41-26-13-12-25-38(41)45-37-24-11-10-23-34(37)42(41)33-22-9-8-19-30(33)31-20-14-21-32(39(31)42)40-43-35(28-15-4-2-5-16-28)27-36(44-40)29-17-6-3-7-18-29/h2-9,11-22,24-25,27H,26H2,1H3. The molecule has 2 heterocycles. The number of aromatic nitrogens is 2. The molecule has 2 aliphatic carbocycles. The van der Waals surface area contributed by atoms with Crippen molar-refractivity contribution in [3.63, 3.8) is 0 Å². The molecule has 6 aromatic rings. The molecular weight excluding hydrogens is 565 g/mol. The first-order chi connectivity index (χ1) is 22.2. The van der Waals surface area contributed by atoms with Gasteiger partial charge in [-0.05, 0) is 51.8 Å². The van der Waals surface area contributed by atoms with Crippen molar-refractivity contribution in [2.45, 2.75) is 23.7 Å². The Morgan fingerprint density at radius 1 is 0.711 bits per heavy atom. The third-order valence-electron chi connectivity index (χ3n) is 9.80. The van der Waals surface area contributed by atoms with Gasteiger partial charge < -0.3 is 0 Å². The third kappa shape index (κ3) is 3.67. The van der Waals surface area contributed by atoms with Crippen molar-refractivity contribution in [2.24, 2.45) is 5.41 Å². The minimum atomic E-state index is -0.510. The molecule has 1 spiro atoms. The van der Waals surface area contributed by atoms with E-state index in [1.54, 1.807) is 0 Å². The van der Waals surface area contributed by atoms with E-state index in [-0.39, 0.29) is 5.41 Å². The Morgan fingerprint density at radius 3 is 2.13 bits per heavy atom. The van der Waals surface area contributed by atoms with Crippen molar-refractivity contribution < 1.29 is 0 Å². The van der Waals surface area contributed by atoms with E-state index in [4.69, 9.17) is 9.97 Å². The van der Waals surface area contributed by atoms with Crippen LogP contribution in [0.3, 0.4) is 0 Å². The molecule has 0 N–H and O–H groups in total. The van der Waals surface area contributed by atoms with Crippen LogP contribution in [0.4, 0.5) is 0 Å². The lowest BCUT2D eigenvalue weighted by atomic mass is 9.53. The Bertz CT molecular complexity index is 2120. The molecule has 1 aliphatic heterocycles. The summed E-state index contributed by atoms with van der Waals surface area (Å²) in [6.45, 7) is 2.44. The van der Waals surface area contributed by atoms with E-state index >= 15 is 0 Å². The van der Waals surface area contributed by atoms with E-state index in [1.807, 2.05) is 30.0 Å². The molecule has 3 heteroatoms. The summed E-state index contributed by atoms with van der Waals surface area (Å²) in [5.41, 5.74) is 10.5. The Labute approximate surface area is 268 Å². The van der Waals surface area contributed by atoms with Crippen LogP contribution >= 0.6 is 11.8 Å². The van der Waals surface area contributed by atoms with Crippen LogP contribution in [0.25, 0.3) is 45.0 Å². The second-order valence-electron chi connectivity index (χ2n) is 12.2. The average Bonchev–Trinajstić information content (AvgIpc) is 3.41.